The molecule has 1 aromatic carbocycles. The maximum Gasteiger partial charge on any atom is 0.310 e. The molecule has 0 bridgehead atoms. The van der Waals surface area contributed by atoms with Crippen molar-refractivity contribution in [3.05, 3.63) is 35.4 Å². The molecule has 2 unspecified atom stereocenters. The highest BCUT2D eigenvalue weighted by Gasteiger charge is 2.17. The summed E-state index contributed by atoms with van der Waals surface area (Å²) in [5.41, 5.74) is 2.25. The molecule has 0 aliphatic carbocycles. The molecule has 0 aromatic heterocycles. The van der Waals surface area contributed by atoms with E-state index in [-0.39, 0.29) is 5.92 Å². The summed E-state index contributed by atoms with van der Waals surface area (Å²) in [7, 11) is 0. The van der Waals surface area contributed by atoms with Gasteiger partial charge in [-0.1, -0.05) is 51.5 Å². The lowest BCUT2D eigenvalue weighted by molar-refractivity contribution is -0.138. The van der Waals surface area contributed by atoms with Crippen LogP contribution in [0.1, 0.15) is 69.4 Å². The Balaban J connectivity index is 2.87. The number of rotatable bonds is 7. The summed E-state index contributed by atoms with van der Waals surface area (Å²) in [4.78, 5) is 11.1. The van der Waals surface area contributed by atoms with Gasteiger partial charge in [-0.25, -0.2) is 0 Å². The highest BCUT2D eigenvalue weighted by Crippen LogP contribution is 2.27. The third-order valence-corrected chi connectivity index (χ3v) is 3.65. The normalized spacial score (nSPS) is 14.2. The molecule has 18 heavy (non-hydrogen) atoms. The molecule has 0 aliphatic rings. The third-order valence-electron chi connectivity index (χ3n) is 3.65. The third kappa shape index (κ3) is 3.59. The number of benzene rings is 1. The molecule has 1 N–H and O–H groups in total. The second-order valence-electron chi connectivity index (χ2n) is 4.86. The zero-order valence-corrected chi connectivity index (χ0v) is 11.6. The monoisotopic (exact) mass is 248 g/mol. The van der Waals surface area contributed by atoms with Crippen LogP contribution in [0.4, 0.5) is 0 Å². The second-order valence-corrected chi connectivity index (χ2v) is 4.86. The predicted molar refractivity (Wildman–Crippen MR) is 75.0 cm³/mol. The van der Waals surface area contributed by atoms with Crippen LogP contribution in [0.25, 0.3) is 0 Å². The van der Waals surface area contributed by atoms with E-state index in [2.05, 4.69) is 26.0 Å². The van der Waals surface area contributed by atoms with Crippen molar-refractivity contribution in [2.45, 2.75) is 58.3 Å². The maximum absolute atomic E-state index is 11.1. The van der Waals surface area contributed by atoms with Gasteiger partial charge < -0.3 is 5.11 Å². The molecular weight excluding hydrogens is 224 g/mol. The van der Waals surface area contributed by atoms with Crippen molar-refractivity contribution in [3.8, 4) is 0 Å². The van der Waals surface area contributed by atoms with Gasteiger partial charge in [-0.15, -0.1) is 0 Å². The topological polar surface area (TPSA) is 37.3 Å². The molecule has 1 rings (SSSR count). The first-order valence-corrected chi connectivity index (χ1v) is 6.96. The van der Waals surface area contributed by atoms with Crippen molar-refractivity contribution in [2.75, 3.05) is 0 Å². The summed E-state index contributed by atoms with van der Waals surface area (Å²) in [5.74, 6) is -0.495. The minimum absolute atomic E-state index is 0.370. The number of hydrogen-bond donors (Lipinski definition) is 1. The fourth-order valence-corrected chi connectivity index (χ4v) is 2.51. The average molecular weight is 248 g/mol. The Bertz CT molecular complexity index is 367. The minimum atomic E-state index is -0.731. The number of hydrogen-bond acceptors (Lipinski definition) is 1. The fraction of sp³-hybridized carbons (Fsp3) is 0.562. The first kappa shape index (κ1) is 14.7. The van der Waals surface area contributed by atoms with E-state index >= 15 is 0 Å². The van der Waals surface area contributed by atoms with Crippen molar-refractivity contribution < 1.29 is 9.90 Å². The van der Waals surface area contributed by atoms with Gasteiger partial charge in [0.1, 0.15) is 0 Å². The van der Waals surface area contributed by atoms with Crippen molar-refractivity contribution in [2.24, 2.45) is 0 Å². The van der Waals surface area contributed by atoms with Crippen LogP contribution in [0.5, 0.6) is 0 Å². The summed E-state index contributed by atoms with van der Waals surface area (Å²) in [5, 5.41) is 9.14. The van der Waals surface area contributed by atoms with E-state index in [1.54, 1.807) is 0 Å². The molecule has 2 heteroatoms. The Hall–Kier alpha value is -1.31. The summed E-state index contributed by atoms with van der Waals surface area (Å²) >= 11 is 0. The lowest BCUT2D eigenvalue weighted by atomic mass is 9.89. The number of carbonyl (C=O) groups is 1. The first-order valence-electron chi connectivity index (χ1n) is 6.96. The second kappa shape index (κ2) is 7.20. The smallest absolute Gasteiger partial charge is 0.310 e. The molecule has 100 valence electrons. The number of carboxylic acids is 1. The molecule has 0 aliphatic heterocycles. The lowest BCUT2D eigenvalue weighted by Crippen LogP contribution is -2.10. The number of aliphatic carboxylic acids is 1. The largest absolute Gasteiger partial charge is 0.481 e. The van der Waals surface area contributed by atoms with E-state index in [0.29, 0.717) is 12.3 Å². The molecular formula is C16H24O2. The molecule has 0 saturated carbocycles. The van der Waals surface area contributed by atoms with E-state index in [1.165, 1.54) is 18.4 Å². The highest BCUT2D eigenvalue weighted by atomic mass is 16.4. The van der Waals surface area contributed by atoms with Crippen LogP contribution in [0.15, 0.2) is 24.3 Å². The Morgan fingerprint density at radius 1 is 1.06 bits per heavy atom. The lowest BCUT2D eigenvalue weighted by Gasteiger charge is -2.16. The summed E-state index contributed by atoms with van der Waals surface area (Å²) in [6.07, 6.45) is 4.17. The molecule has 0 radical (unpaired) electrons. The van der Waals surface area contributed by atoms with Crippen LogP contribution in [-0.2, 0) is 4.79 Å². The maximum atomic E-state index is 11.1. The predicted octanol–water partition coefficient (Wildman–Crippen LogP) is 4.56. The summed E-state index contributed by atoms with van der Waals surface area (Å²) in [6, 6.07) is 8.17. The van der Waals surface area contributed by atoms with Gasteiger partial charge in [-0.2, -0.15) is 0 Å². The van der Waals surface area contributed by atoms with Gasteiger partial charge in [0.25, 0.3) is 0 Å². The van der Waals surface area contributed by atoms with Crippen LogP contribution < -0.4 is 0 Å². The Labute approximate surface area is 110 Å². The highest BCUT2D eigenvalue weighted by molar-refractivity contribution is 5.75. The molecule has 2 nitrogen and oxygen atoms in total. The van der Waals surface area contributed by atoms with Gasteiger partial charge in [0.2, 0.25) is 0 Å². The van der Waals surface area contributed by atoms with Gasteiger partial charge in [0, 0.05) is 0 Å². The van der Waals surface area contributed by atoms with Crippen molar-refractivity contribution in [1.82, 2.24) is 0 Å². The van der Waals surface area contributed by atoms with E-state index in [4.69, 9.17) is 5.11 Å². The number of carboxylic acid groups (broad SMARTS) is 1. The van der Waals surface area contributed by atoms with Gasteiger partial charge in [-0.3, -0.25) is 4.79 Å². The van der Waals surface area contributed by atoms with Crippen LogP contribution in [-0.4, -0.2) is 11.1 Å². The van der Waals surface area contributed by atoms with Crippen LogP contribution in [0.3, 0.4) is 0 Å². The summed E-state index contributed by atoms with van der Waals surface area (Å²) < 4.78 is 0. The zero-order valence-electron chi connectivity index (χ0n) is 11.6. The summed E-state index contributed by atoms with van der Waals surface area (Å²) in [6.45, 7) is 6.33. The molecule has 2 atom stereocenters. The van der Waals surface area contributed by atoms with Gasteiger partial charge in [0.05, 0.1) is 5.92 Å². The molecule has 0 saturated heterocycles. The molecule has 0 heterocycles. The molecule has 0 spiro atoms. The Morgan fingerprint density at radius 3 is 2.00 bits per heavy atom. The Morgan fingerprint density at radius 2 is 1.61 bits per heavy atom. The molecule has 0 amide bonds. The molecule has 0 fully saturated rings. The van der Waals surface area contributed by atoms with E-state index < -0.39 is 5.97 Å². The van der Waals surface area contributed by atoms with Gasteiger partial charge >= 0.3 is 5.97 Å². The Kier molecular flexibility index (Phi) is 5.90. The molecule has 1 aromatic rings. The van der Waals surface area contributed by atoms with Crippen molar-refractivity contribution >= 4 is 5.97 Å². The van der Waals surface area contributed by atoms with E-state index in [0.717, 1.165) is 12.0 Å². The van der Waals surface area contributed by atoms with E-state index in [9.17, 15) is 4.79 Å². The average Bonchev–Trinajstić information content (AvgIpc) is 2.37. The standard InChI is InChI=1S/C16H24O2/c1-4-7-12(5-2)13-8-10-14(11-9-13)15(6-3)16(17)18/h8-12,15H,4-7H2,1-3H3,(H,17,18). The van der Waals surface area contributed by atoms with Crippen LogP contribution in [0, 0.1) is 0 Å². The van der Waals surface area contributed by atoms with Crippen molar-refractivity contribution in [1.29, 1.82) is 0 Å². The first-order chi connectivity index (χ1) is 8.63. The van der Waals surface area contributed by atoms with Gasteiger partial charge in [0.15, 0.2) is 0 Å². The quantitative estimate of drug-likeness (QED) is 0.768. The fourth-order valence-electron chi connectivity index (χ4n) is 2.51. The van der Waals surface area contributed by atoms with Crippen LogP contribution >= 0.6 is 0 Å². The van der Waals surface area contributed by atoms with E-state index in [1.807, 2.05) is 19.1 Å². The van der Waals surface area contributed by atoms with Crippen molar-refractivity contribution in [3.63, 3.8) is 0 Å². The zero-order chi connectivity index (χ0) is 13.5. The minimum Gasteiger partial charge on any atom is -0.481 e. The van der Waals surface area contributed by atoms with Crippen LogP contribution in [0.2, 0.25) is 0 Å². The SMILES string of the molecule is CCCC(CC)c1ccc(C(CC)C(=O)O)cc1. The van der Waals surface area contributed by atoms with Gasteiger partial charge in [-0.05, 0) is 36.3 Å².